The fourth-order valence-corrected chi connectivity index (χ4v) is 3.33. The van der Waals surface area contributed by atoms with E-state index < -0.39 is 0 Å². The van der Waals surface area contributed by atoms with Gasteiger partial charge in [-0.3, -0.25) is 0 Å². The van der Waals surface area contributed by atoms with Gasteiger partial charge < -0.3 is 15.6 Å². The maximum Gasteiger partial charge on any atom is 0.145 e. The summed E-state index contributed by atoms with van der Waals surface area (Å²) in [5, 5.41) is 4.26. The number of nitrogen functional groups attached to an aromatic ring is 1. The first-order valence-corrected chi connectivity index (χ1v) is 10.1. The summed E-state index contributed by atoms with van der Waals surface area (Å²) in [5.41, 5.74) is 9.50. The van der Waals surface area contributed by atoms with Crippen LogP contribution < -0.4 is 11.1 Å². The van der Waals surface area contributed by atoms with Crippen molar-refractivity contribution in [2.75, 3.05) is 12.0 Å². The molecule has 0 saturated heterocycles. The molecule has 0 aliphatic rings. The number of thioether (sulfide) groups is 1. The van der Waals surface area contributed by atoms with Crippen molar-refractivity contribution in [3.05, 3.63) is 17.6 Å². The van der Waals surface area contributed by atoms with Gasteiger partial charge in [-0.05, 0) is 19.1 Å². The van der Waals surface area contributed by atoms with Gasteiger partial charge in [0, 0.05) is 24.8 Å². The topological polar surface area (TPSA) is 68.8 Å². The third-order valence-electron chi connectivity index (χ3n) is 4.34. The van der Waals surface area contributed by atoms with Crippen LogP contribution in [0.25, 0.3) is 11.0 Å². The Hall–Kier alpha value is -1.34. The number of anilines is 1. The quantitative estimate of drug-likeness (QED) is 0.548. The molecule has 0 amide bonds. The number of rotatable bonds is 8. The van der Waals surface area contributed by atoms with E-state index in [1.54, 1.807) is 11.8 Å². The number of aryl methyl sites for hydroxylation is 1. The normalized spacial score (nSPS) is 11.1. The van der Waals surface area contributed by atoms with Gasteiger partial charge in [-0.1, -0.05) is 44.8 Å². The SMILES string of the molecule is CCCCCCCc1c(CNC(=S)SC)c2c(N)ncnc2n1C. The number of unbranched alkanes of at least 4 members (excludes halogenated alkanes) is 4. The minimum absolute atomic E-state index is 0.541. The predicted molar refractivity (Wildman–Crippen MR) is 108 cm³/mol. The van der Waals surface area contributed by atoms with Crippen LogP contribution in [0.4, 0.5) is 5.82 Å². The minimum Gasteiger partial charge on any atom is -0.383 e. The first-order valence-electron chi connectivity index (χ1n) is 8.48. The van der Waals surface area contributed by atoms with Crippen molar-refractivity contribution in [2.24, 2.45) is 7.05 Å². The molecule has 2 heterocycles. The third-order valence-corrected chi connectivity index (χ3v) is 5.50. The second-order valence-corrected chi connectivity index (χ2v) is 7.43. The van der Waals surface area contributed by atoms with Crippen LogP contribution in [0.3, 0.4) is 0 Å². The van der Waals surface area contributed by atoms with E-state index in [1.165, 1.54) is 49.7 Å². The number of thiocarbonyl (C=S) groups is 1. The van der Waals surface area contributed by atoms with E-state index >= 15 is 0 Å². The molecule has 2 rings (SSSR count). The van der Waals surface area contributed by atoms with E-state index in [0.717, 1.165) is 21.8 Å². The molecule has 2 aromatic heterocycles. The highest BCUT2D eigenvalue weighted by Crippen LogP contribution is 2.28. The Morgan fingerprint density at radius 2 is 2.04 bits per heavy atom. The molecule has 0 fully saturated rings. The number of fused-ring (bicyclic) bond motifs is 1. The molecule has 0 aliphatic carbocycles. The summed E-state index contributed by atoms with van der Waals surface area (Å²) in [6, 6.07) is 0. The molecular weight excluding hydrogens is 338 g/mol. The second-order valence-electron chi connectivity index (χ2n) is 5.95. The summed E-state index contributed by atoms with van der Waals surface area (Å²) in [5.74, 6) is 0.541. The molecule has 0 saturated carbocycles. The molecule has 0 aromatic carbocycles. The van der Waals surface area contributed by atoms with E-state index in [1.807, 2.05) is 6.26 Å². The maximum atomic E-state index is 6.14. The number of nitrogens with zero attached hydrogens (tertiary/aromatic N) is 3. The lowest BCUT2D eigenvalue weighted by molar-refractivity contribution is 0.619. The van der Waals surface area contributed by atoms with Crippen LogP contribution >= 0.6 is 24.0 Å². The molecule has 24 heavy (non-hydrogen) atoms. The van der Waals surface area contributed by atoms with Crippen molar-refractivity contribution in [2.45, 2.75) is 52.0 Å². The number of aromatic nitrogens is 3. The first-order chi connectivity index (χ1) is 11.6. The zero-order valence-electron chi connectivity index (χ0n) is 14.8. The van der Waals surface area contributed by atoms with Crippen molar-refractivity contribution in [3.8, 4) is 0 Å². The van der Waals surface area contributed by atoms with E-state index in [-0.39, 0.29) is 0 Å². The van der Waals surface area contributed by atoms with Gasteiger partial charge in [-0.25, -0.2) is 9.97 Å². The molecular formula is C17H27N5S2. The highest BCUT2D eigenvalue weighted by atomic mass is 32.2. The summed E-state index contributed by atoms with van der Waals surface area (Å²) < 4.78 is 2.95. The van der Waals surface area contributed by atoms with Gasteiger partial charge in [0.15, 0.2) is 0 Å². The summed E-state index contributed by atoms with van der Waals surface area (Å²) in [6.45, 7) is 2.91. The van der Waals surface area contributed by atoms with Gasteiger partial charge in [-0.2, -0.15) is 0 Å². The molecule has 0 atom stereocenters. The standard InChI is InChI=1S/C17H27N5S2/c1-4-5-6-7-8-9-13-12(10-19-17(23)24-3)14-15(18)20-11-21-16(14)22(13)2/h11H,4-10H2,1-3H3,(H,19,23)(H2,18,20,21). The lowest BCUT2D eigenvalue weighted by Crippen LogP contribution is -2.18. The van der Waals surface area contributed by atoms with Crippen LogP contribution in [-0.2, 0) is 20.0 Å². The van der Waals surface area contributed by atoms with Crippen LogP contribution in [0.15, 0.2) is 6.33 Å². The van der Waals surface area contributed by atoms with Crippen LogP contribution in [-0.4, -0.2) is 25.1 Å². The van der Waals surface area contributed by atoms with Crippen molar-refractivity contribution in [3.63, 3.8) is 0 Å². The number of nitrogens with one attached hydrogen (secondary N) is 1. The molecule has 3 N–H and O–H groups in total. The Morgan fingerprint density at radius 1 is 1.29 bits per heavy atom. The highest BCUT2D eigenvalue weighted by Gasteiger charge is 2.18. The average Bonchev–Trinajstić information content (AvgIpc) is 2.86. The molecule has 0 unspecified atom stereocenters. The Morgan fingerprint density at radius 3 is 2.75 bits per heavy atom. The van der Waals surface area contributed by atoms with Crippen molar-refractivity contribution in [1.82, 2.24) is 19.9 Å². The van der Waals surface area contributed by atoms with E-state index in [4.69, 9.17) is 18.0 Å². The lowest BCUT2D eigenvalue weighted by atomic mass is 10.1. The number of hydrogen-bond donors (Lipinski definition) is 2. The molecule has 0 aliphatic heterocycles. The number of hydrogen-bond acceptors (Lipinski definition) is 5. The Labute approximate surface area is 153 Å². The van der Waals surface area contributed by atoms with Crippen LogP contribution in [0, 0.1) is 0 Å². The predicted octanol–water partition coefficient (Wildman–Crippen LogP) is 3.80. The zero-order chi connectivity index (χ0) is 17.5. The smallest absolute Gasteiger partial charge is 0.145 e. The Balaban J connectivity index is 2.27. The van der Waals surface area contributed by atoms with Crippen molar-refractivity contribution >= 4 is 45.2 Å². The van der Waals surface area contributed by atoms with Gasteiger partial charge >= 0.3 is 0 Å². The summed E-state index contributed by atoms with van der Waals surface area (Å²) in [4.78, 5) is 8.61. The number of nitrogens with two attached hydrogens (primary N) is 1. The Bertz CT molecular complexity index is 696. The van der Waals surface area contributed by atoms with Gasteiger partial charge in [0.1, 0.15) is 22.1 Å². The molecule has 5 nitrogen and oxygen atoms in total. The van der Waals surface area contributed by atoms with E-state index in [0.29, 0.717) is 12.4 Å². The molecule has 0 spiro atoms. The maximum absolute atomic E-state index is 6.14. The van der Waals surface area contributed by atoms with Gasteiger partial charge in [0.2, 0.25) is 0 Å². The largest absolute Gasteiger partial charge is 0.383 e. The Kier molecular flexibility index (Phi) is 7.30. The summed E-state index contributed by atoms with van der Waals surface area (Å²) >= 11 is 6.82. The summed E-state index contributed by atoms with van der Waals surface area (Å²) in [6.07, 6.45) is 10.8. The fourth-order valence-electron chi connectivity index (χ4n) is 3.05. The van der Waals surface area contributed by atoms with Crippen LogP contribution in [0.1, 0.15) is 50.3 Å². The molecule has 0 bridgehead atoms. The average molecular weight is 366 g/mol. The molecule has 0 radical (unpaired) electrons. The monoisotopic (exact) mass is 365 g/mol. The van der Waals surface area contributed by atoms with Crippen molar-refractivity contribution in [1.29, 1.82) is 0 Å². The molecule has 132 valence electrons. The van der Waals surface area contributed by atoms with Crippen molar-refractivity contribution < 1.29 is 0 Å². The van der Waals surface area contributed by atoms with Gasteiger partial charge in [0.05, 0.1) is 5.39 Å². The highest BCUT2D eigenvalue weighted by molar-refractivity contribution is 8.22. The van der Waals surface area contributed by atoms with E-state index in [2.05, 4.69) is 33.8 Å². The van der Waals surface area contributed by atoms with Crippen LogP contribution in [0.2, 0.25) is 0 Å². The third kappa shape index (κ3) is 4.39. The fraction of sp³-hybridized carbons (Fsp3) is 0.588. The summed E-state index contributed by atoms with van der Waals surface area (Å²) in [7, 11) is 2.06. The first kappa shape index (κ1) is 19.0. The van der Waals surface area contributed by atoms with Gasteiger partial charge in [-0.15, -0.1) is 11.8 Å². The zero-order valence-corrected chi connectivity index (χ0v) is 16.4. The van der Waals surface area contributed by atoms with Gasteiger partial charge in [0.25, 0.3) is 0 Å². The molecule has 7 heteroatoms. The molecule has 2 aromatic rings. The van der Waals surface area contributed by atoms with Crippen LogP contribution in [0.5, 0.6) is 0 Å². The lowest BCUT2D eigenvalue weighted by Gasteiger charge is -2.10. The minimum atomic E-state index is 0.541. The second kappa shape index (κ2) is 9.22. The van der Waals surface area contributed by atoms with E-state index in [9.17, 15) is 0 Å².